The van der Waals surface area contributed by atoms with Gasteiger partial charge in [-0.15, -0.1) is 0 Å². The molecule has 1 aromatic carbocycles. The van der Waals surface area contributed by atoms with Crippen molar-refractivity contribution in [1.82, 2.24) is 9.80 Å². The summed E-state index contributed by atoms with van der Waals surface area (Å²) in [6.07, 6.45) is 0.497. The highest BCUT2D eigenvalue weighted by Crippen LogP contribution is 2.21. The summed E-state index contributed by atoms with van der Waals surface area (Å²) in [6.45, 7) is 3.69. The van der Waals surface area contributed by atoms with Gasteiger partial charge in [-0.1, -0.05) is 19.1 Å². The third kappa shape index (κ3) is 3.74. The summed E-state index contributed by atoms with van der Waals surface area (Å²) >= 11 is 0. The van der Waals surface area contributed by atoms with Crippen LogP contribution in [0.3, 0.4) is 0 Å². The third-order valence-electron chi connectivity index (χ3n) is 4.26. The van der Waals surface area contributed by atoms with E-state index in [4.69, 9.17) is 5.73 Å². The van der Waals surface area contributed by atoms with E-state index in [0.29, 0.717) is 18.4 Å². The van der Waals surface area contributed by atoms with Crippen LogP contribution in [0.5, 0.6) is 5.75 Å². The van der Waals surface area contributed by atoms with Gasteiger partial charge in [0, 0.05) is 19.1 Å². The molecule has 0 saturated carbocycles. The Balaban J connectivity index is 1.95. The van der Waals surface area contributed by atoms with Gasteiger partial charge in [-0.3, -0.25) is 4.79 Å². The third-order valence-corrected chi connectivity index (χ3v) is 4.26. The Labute approximate surface area is 126 Å². The Morgan fingerprint density at radius 3 is 2.52 bits per heavy atom. The lowest BCUT2D eigenvalue weighted by molar-refractivity contribution is -0.131. The predicted octanol–water partition coefficient (Wildman–Crippen LogP) is 0.670. The van der Waals surface area contributed by atoms with Crippen molar-refractivity contribution < 1.29 is 9.90 Å². The van der Waals surface area contributed by atoms with Crippen LogP contribution in [0.25, 0.3) is 0 Å². The van der Waals surface area contributed by atoms with Crippen LogP contribution in [-0.4, -0.2) is 60.1 Å². The van der Waals surface area contributed by atoms with Crippen LogP contribution >= 0.6 is 0 Å². The fraction of sp³-hybridized carbons (Fsp3) is 0.562. The number of nitrogens with two attached hydrogens (primary N) is 1. The second-order valence-electron chi connectivity index (χ2n) is 6.23. The molecule has 2 unspecified atom stereocenters. The molecule has 1 aromatic rings. The Morgan fingerprint density at radius 1 is 1.38 bits per heavy atom. The van der Waals surface area contributed by atoms with Gasteiger partial charge in [0.15, 0.2) is 0 Å². The highest BCUT2D eigenvalue weighted by molar-refractivity contribution is 5.82. The average Bonchev–Trinajstić information content (AvgIpc) is 2.82. The molecular weight excluding hydrogens is 266 g/mol. The van der Waals surface area contributed by atoms with Gasteiger partial charge in [-0.05, 0) is 44.1 Å². The van der Waals surface area contributed by atoms with E-state index in [1.807, 2.05) is 19.0 Å². The van der Waals surface area contributed by atoms with Gasteiger partial charge < -0.3 is 20.6 Å². The number of likely N-dealkylation sites (tertiary alicyclic amines) is 1. The summed E-state index contributed by atoms with van der Waals surface area (Å²) in [5.41, 5.74) is 7.03. The number of benzene rings is 1. The molecule has 5 heteroatoms. The molecule has 0 aliphatic carbocycles. The quantitative estimate of drug-likeness (QED) is 0.855. The zero-order chi connectivity index (χ0) is 15.6. The van der Waals surface area contributed by atoms with E-state index in [-0.39, 0.29) is 11.7 Å². The molecule has 0 radical (unpaired) electrons. The van der Waals surface area contributed by atoms with E-state index < -0.39 is 6.04 Å². The SMILES string of the molecule is CC1CN(C(=O)[C@H](N)Cc2ccc(O)cc2)CC1N(C)C. The number of likely N-dealkylation sites (N-methyl/N-ethyl adjacent to an activating group) is 1. The van der Waals surface area contributed by atoms with Crippen molar-refractivity contribution in [3.8, 4) is 5.75 Å². The number of hydrogen-bond donors (Lipinski definition) is 2. The maximum atomic E-state index is 12.5. The molecule has 1 heterocycles. The summed E-state index contributed by atoms with van der Waals surface area (Å²) < 4.78 is 0. The highest BCUT2D eigenvalue weighted by Gasteiger charge is 2.35. The fourth-order valence-corrected chi connectivity index (χ4v) is 3.01. The number of carbonyl (C=O) groups excluding carboxylic acids is 1. The molecule has 5 nitrogen and oxygen atoms in total. The maximum Gasteiger partial charge on any atom is 0.239 e. The number of amides is 1. The Hall–Kier alpha value is -1.59. The van der Waals surface area contributed by atoms with Gasteiger partial charge >= 0.3 is 0 Å². The number of aromatic hydroxyl groups is 1. The molecule has 0 aromatic heterocycles. The molecule has 21 heavy (non-hydrogen) atoms. The summed E-state index contributed by atoms with van der Waals surface area (Å²) in [5, 5.41) is 9.27. The summed E-state index contributed by atoms with van der Waals surface area (Å²) in [7, 11) is 4.09. The van der Waals surface area contributed by atoms with Crippen LogP contribution in [0.1, 0.15) is 12.5 Å². The molecule has 1 aliphatic heterocycles. The van der Waals surface area contributed by atoms with Crippen molar-refractivity contribution >= 4 is 5.91 Å². The lowest BCUT2D eigenvalue weighted by Gasteiger charge is -2.23. The number of phenolic OH excluding ortho intramolecular Hbond substituents is 1. The lowest BCUT2D eigenvalue weighted by atomic mass is 10.1. The van der Waals surface area contributed by atoms with Crippen LogP contribution in [0, 0.1) is 5.92 Å². The predicted molar refractivity (Wildman–Crippen MR) is 83.0 cm³/mol. The van der Waals surface area contributed by atoms with Crippen LogP contribution in [0.4, 0.5) is 0 Å². The van der Waals surface area contributed by atoms with Gasteiger partial charge in [-0.2, -0.15) is 0 Å². The van der Waals surface area contributed by atoms with Gasteiger partial charge in [0.05, 0.1) is 6.04 Å². The minimum absolute atomic E-state index is 0.0132. The molecule has 2 rings (SSSR count). The van der Waals surface area contributed by atoms with E-state index in [9.17, 15) is 9.90 Å². The number of hydrogen-bond acceptors (Lipinski definition) is 4. The molecule has 1 saturated heterocycles. The van der Waals surface area contributed by atoms with E-state index in [2.05, 4.69) is 11.8 Å². The molecule has 3 N–H and O–H groups in total. The average molecular weight is 291 g/mol. The molecule has 0 bridgehead atoms. The first-order valence-corrected chi connectivity index (χ1v) is 7.37. The molecule has 1 amide bonds. The van der Waals surface area contributed by atoms with Gasteiger partial charge in [0.25, 0.3) is 0 Å². The van der Waals surface area contributed by atoms with E-state index in [1.165, 1.54) is 0 Å². The first-order chi connectivity index (χ1) is 9.88. The summed E-state index contributed by atoms with van der Waals surface area (Å²) in [6, 6.07) is 6.71. The highest BCUT2D eigenvalue weighted by atomic mass is 16.3. The second-order valence-corrected chi connectivity index (χ2v) is 6.23. The van der Waals surface area contributed by atoms with Crippen molar-refractivity contribution in [3.05, 3.63) is 29.8 Å². The largest absolute Gasteiger partial charge is 0.508 e. The van der Waals surface area contributed by atoms with Gasteiger partial charge in [0.1, 0.15) is 5.75 Å². The van der Waals surface area contributed by atoms with Crippen molar-refractivity contribution in [3.63, 3.8) is 0 Å². The monoisotopic (exact) mass is 291 g/mol. The lowest BCUT2D eigenvalue weighted by Crippen LogP contribution is -2.45. The summed E-state index contributed by atoms with van der Waals surface area (Å²) in [5.74, 6) is 0.699. The van der Waals surface area contributed by atoms with Crippen molar-refractivity contribution in [2.75, 3.05) is 27.2 Å². The van der Waals surface area contributed by atoms with Gasteiger partial charge in [0.2, 0.25) is 5.91 Å². The van der Waals surface area contributed by atoms with Crippen LogP contribution in [-0.2, 0) is 11.2 Å². The Bertz CT molecular complexity index is 487. The Morgan fingerprint density at radius 2 is 2.00 bits per heavy atom. The molecule has 116 valence electrons. The van der Waals surface area contributed by atoms with Crippen molar-refractivity contribution in [2.24, 2.45) is 11.7 Å². The normalized spacial score (nSPS) is 23.6. The number of phenols is 1. The molecular formula is C16H25N3O2. The zero-order valence-electron chi connectivity index (χ0n) is 13.0. The van der Waals surface area contributed by atoms with E-state index in [0.717, 1.165) is 18.7 Å². The molecule has 3 atom stereocenters. The van der Waals surface area contributed by atoms with E-state index >= 15 is 0 Å². The number of carbonyl (C=O) groups is 1. The minimum Gasteiger partial charge on any atom is -0.508 e. The molecule has 1 fully saturated rings. The standard InChI is InChI=1S/C16H25N3O2/c1-11-9-19(10-15(11)18(2)3)16(21)14(17)8-12-4-6-13(20)7-5-12/h4-7,11,14-15,20H,8-10,17H2,1-3H3/t11?,14-,15?/m1/s1. The van der Waals surface area contributed by atoms with Crippen LogP contribution in [0.2, 0.25) is 0 Å². The zero-order valence-corrected chi connectivity index (χ0v) is 13.0. The topological polar surface area (TPSA) is 69.8 Å². The minimum atomic E-state index is -0.525. The second kappa shape index (κ2) is 6.45. The van der Waals surface area contributed by atoms with Gasteiger partial charge in [-0.25, -0.2) is 0 Å². The Kier molecular flexibility index (Phi) is 4.85. The first-order valence-electron chi connectivity index (χ1n) is 7.37. The molecule has 1 aliphatic rings. The number of nitrogens with zero attached hydrogens (tertiary/aromatic N) is 2. The number of rotatable bonds is 4. The fourth-order valence-electron chi connectivity index (χ4n) is 3.01. The van der Waals surface area contributed by atoms with Crippen LogP contribution < -0.4 is 5.73 Å². The van der Waals surface area contributed by atoms with Crippen molar-refractivity contribution in [2.45, 2.75) is 25.4 Å². The smallest absolute Gasteiger partial charge is 0.239 e. The van der Waals surface area contributed by atoms with E-state index in [1.54, 1.807) is 24.3 Å². The van der Waals surface area contributed by atoms with Crippen LogP contribution in [0.15, 0.2) is 24.3 Å². The maximum absolute atomic E-state index is 12.5. The molecule has 0 spiro atoms. The summed E-state index contributed by atoms with van der Waals surface area (Å²) in [4.78, 5) is 16.5. The first kappa shape index (κ1) is 15.8. The van der Waals surface area contributed by atoms with Crippen molar-refractivity contribution in [1.29, 1.82) is 0 Å².